The van der Waals surface area contributed by atoms with E-state index in [0.717, 1.165) is 36.6 Å². The summed E-state index contributed by atoms with van der Waals surface area (Å²) in [6, 6.07) is 0.602. The van der Waals surface area contributed by atoms with Crippen molar-refractivity contribution in [1.29, 1.82) is 0 Å². The molecule has 0 aliphatic carbocycles. The van der Waals surface area contributed by atoms with Gasteiger partial charge in [0.2, 0.25) is 5.82 Å². The van der Waals surface area contributed by atoms with Crippen LogP contribution in [0, 0.1) is 13.8 Å². The first-order valence-corrected chi connectivity index (χ1v) is 9.32. The van der Waals surface area contributed by atoms with Crippen molar-refractivity contribution < 1.29 is 4.79 Å². The van der Waals surface area contributed by atoms with E-state index in [1.165, 1.54) is 10.5 Å². The molecule has 0 spiro atoms. The van der Waals surface area contributed by atoms with Crippen LogP contribution < -0.4 is 10.2 Å². The minimum Gasteiger partial charge on any atom is -0.355 e. The van der Waals surface area contributed by atoms with E-state index >= 15 is 0 Å². The number of aromatic nitrogens is 4. The number of carbonyl (C=O) groups excluding carboxylic acids is 1. The Labute approximate surface area is 160 Å². The summed E-state index contributed by atoms with van der Waals surface area (Å²) in [6.07, 6.45) is 4.98. The van der Waals surface area contributed by atoms with Gasteiger partial charge >= 0.3 is 0 Å². The number of rotatable bonds is 5. The van der Waals surface area contributed by atoms with E-state index in [4.69, 9.17) is 0 Å². The fraction of sp³-hybridized carbons (Fsp3) is 0.579. The van der Waals surface area contributed by atoms with E-state index in [1.54, 1.807) is 14.1 Å². The van der Waals surface area contributed by atoms with Gasteiger partial charge in [-0.2, -0.15) is 5.10 Å². The Balaban J connectivity index is 1.73. The van der Waals surface area contributed by atoms with Crippen LogP contribution in [0.3, 0.4) is 0 Å². The minimum absolute atomic E-state index is 0.168. The van der Waals surface area contributed by atoms with Crippen molar-refractivity contribution in [3.05, 3.63) is 35.0 Å². The number of hydrogen-bond donors (Lipinski definition) is 1. The number of carbonyl (C=O) groups is 1. The van der Waals surface area contributed by atoms with Gasteiger partial charge in [0.25, 0.3) is 5.91 Å². The summed E-state index contributed by atoms with van der Waals surface area (Å²) in [5, 5.41) is 7.93. The molecule has 2 atom stereocenters. The molecule has 1 amide bonds. The number of amides is 1. The normalized spacial score (nSPS) is 18.0. The van der Waals surface area contributed by atoms with Crippen LogP contribution in [0.2, 0.25) is 0 Å². The van der Waals surface area contributed by atoms with Crippen molar-refractivity contribution in [3.8, 4) is 0 Å². The lowest BCUT2D eigenvalue weighted by Crippen LogP contribution is -2.35. The standard InChI is InChI=1S/C19H29N7O/c1-12-13(2)22-17(19(27)24(4)5)23-18(12)26-8-7-16(11-26)21-14(3)15-9-20-25(6)10-15/h9-10,14,16,21H,7-8,11H2,1-6H3/t14?,16-/m1/s1. The lowest BCUT2D eigenvalue weighted by Gasteiger charge is -2.23. The van der Waals surface area contributed by atoms with E-state index in [2.05, 4.69) is 32.2 Å². The molecule has 3 heterocycles. The Kier molecular flexibility index (Phi) is 5.46. The van der Waals surface area contributed by atoms with Gasteiger partial charge < -0.3 is 15.1 Å². The molecule has 0 saturated carbocycles. The third-order valence-corrected chi connectivity index (χ3v) is 5.16. The maximum absolute atomic E-state index is 12.3. The van der Waals surface area contributed by atoms with Crippen LogP contribution >= 0.6 is 0 Å². The maximum Gasteiger partial charge on any atom is 0.291 e. The minimum atomic E-state index is -0.168. The molecule has 2 aromatic heterocycles. The van der Waals surface area contributed by atoms with Crippen LogP contribution in [-0.2, 0) is 7.05 Å². The molecule has 3 rings (SSSR count). The van der Waals surface area contributed by atoms with Gasteiger partial charge in [-0.05, 0) is 27.2 Å². The average Bonchev–Trinajstić information content (AvgIpc) is 3.25. The number of nitrogens with one attached hydrogen (secondary N) is 1. The van der Waals surface area contributed by atoms with Gasteiger partial charge in [0, 0.05) is 69.3 Å². The smallest absolute Gasteiger partial charge is 0.291 e. The number of hydrogen-bond acceptors (Lipinski definition) is 6. The lowest BCUT2D eigenvalue weighted by atomic mass is 10.1. The van der Waals surface area contributed by atoms with E-state index in [0.29, 0.717) is 6.04 Å². The first-order valence-electron chi connectivity index (χ1n) is 9.32. The van der Waals surface area contributed by atoms with E-state index in [9.17, 15) is 4.79 Å². The fourth-order valence-corrected chi connectivity index (χ4v) is 3.42. The second kappa shape index (κ2) is 7.64. The third kappa shape index (κ3) is 4.10. The maximum atomic E-state index is 12.3. The molecule has 0 aromatic carbocycles. The highest BCUT2D eigenvalue weighted by atomic mass is 16.2. The van der Waals surface area contributed by atoms with Crippen LogP contribution in [0.5, 0.6) is 0 Å². The van der Waals surface area contributed by atoms with Crippen molar-refractivity contribution in [3.63, 3.8) is 0 Å². The Morgan fingerprint density at radius 3 is 2.70 bits per heavy atom. The van der Waals surface area contributed by atoms with E-state index in [-0.39, 0.29) is 17.8 Å². The predicted octanol–water partition coefficient (Wildman–Crippen LogP) is 1.46. The largest absolute Gasteiger partial charge is 0.355 e. The summed E-state index contributed by atoms with van der Waals surface area (Å²) in [7, 11) is 5.37. The Morgan fingerprint density at radius 1 is 1.33 bits per heavy atom. The SMILES string of the molecule is Cc1nc(C(=O)N(C)C)nc(N2CC[C@@H](NC(C)c3cnn(C)c3)C2)c1C. The molecule has 1 saturated heterocycles. The third-order valence-electron chi connectivity index (χ3n) is 5.16. The van der Waals surface area contributed by atoms with E-state index < -0.39 is 0 Å². The topological polar surface area (TPSA) is 79.2 Å². The molecule has 2 aromatic rings. The zero-order valence-corrected chi connectivity index (χ0v) is 17.0. The van der Waals surface area contributed by atoms with E-state index in [1.807, 2.05) is 38.0 Å². The van der Waals surface area contributed by atoms with Crippen LogP contribution in [0.25, 0.3) is 0 Å². The highest BCUT2D eigenvalue weighted by Crippen LogP contribution is 2.25. The molecular formula is C19H29N7O. The number of anilines is 1. The summed E-state index contributed by atoms with van der Waals surface area (Å²) >= 11 is 0. The molecule has 1 aliphatic heterocycles. The van der Waals surface area contributed by atoms with Gasteiger partial charge in [0.15, 0.2) is 0 Å². The molecule has 0 bridgehead atoms. The summed E-state index contributed by atoms with van der Waals surface area (Å²) in [5.41, 5.74) is 3.07. The highest BCUT2D eigenvalue weighted by Gasteiger charge is 2.28. The summed E-state index contributed by atoms with van der Waals surface area (Å²) in [6.45, 7) is 7.88. The van der Waals surface area contributed by atoms with Gasteiger partial charge in [-0.1, -0.05) is 0 Å². The fourth-order valence-electron chi connectivity index (χ4n) is 3.42. The molecular weight excluding hydrogens is 342 g/mol. The second-order valence-electron chi connectivity index (χ2n) is 7.55. The number of aryl methyl sites for hydroxylation is 2. The predicted molar refractivity (Wildman–Crippen MR) is 105 cm³/mol. The Bertz CT molecular complexity index is 829. The number of nitrogens with zero attached hydrogens (tertiary/aromatic N) is 6. The Morgan fingerprint density at radius 2 is 2.07 bits per heavy atom. The highest BCUT2D eigenvalue weighted by molar-refractivity contribution is 5.90. The van der Waals surface area contributed by atoms with Crippen molar-refractivity contribution in [2.75, 3.05) is 32.1 Å². The summed E-state index contributed by atoms with van der Waals surface area (Å²) < 4.78 is 1.82. The molecule has 27 heavy (non-hydrogen) atoms. The van der Waals surface area contributed by atoms with Gasteiger partial charge in [-0.15, -0.1) is 0 Å². The van der Waals surface area contributed by atoms with Crippen molar-refractivity contribution in [2.45, 2.75) is 39.3 Å². The molecule has 1 aliphatic rings. The monoisotopic (exact) mass is 371 g/mol. The van der Waals surface area contributed by atoms with Crippen LogP contribution in [0.4, 0.5) is 5.82 Å². The van der Waals surface area contributed by atoms with Crippen molar-refractivity contribution >= 4 is 11.7 Å². The molecule has 1 fully saturated rings. The Hall–Kier alpha value is -2.48. The van der Waals surface area contributed by atoms with Gasteiger partial charge in [-0.25, -0.2) is 9.97 Å². The first-order chi connectivity index (χ1) is 12.8. The van der Waals surface area contributed by atoms with Crippen molar-refractivity contribution in [1.82, 2.24) is 30.0 Å². The van der Waals surface area contributed by atoms with Gasteiger partial charge in [0.1, 0.15) is 5.82 Å². The molecule has 8 heteroatoms. The second-order valence-corrected chi connectivity index (χ2v) is 7.55. The first kappa shape index (κ1) is 19.3. The zero-order valence-electron chi connectivity index (χ0n) is 17.0. The lowest BCUT2D eigenvalue weighted by molar-refractivity contribution is 0.0815. The zero-order chi connectivity index (χ0) is 19.7. The van der Waals surface area contributed by atoms with Crippen molar-refractivity contribution in [2.24, 2.45) is 7.05 Å². The van der Waals surface area contributed by atoms with Crippen LogP contribution in [0.15, 0.2) is 12.4 Å². The molecule has 146 valence electrons. The summed E-state index contributed by atoms with van der Waals surface area (Å²) in [5.74, 6) is 0.961. The van der Waals surface area contributed by atoms with Crippen LogP contribution in [-0.4, -0.2) is 63.8 Å². The van der Waals surface area contributed by atoms with Gasteiger partial charge in [-0.3, -0.25) is 9.48 Å². The summed E-state index contributed by atoms with van der Waals surface area (Å²) in [4.78, 5) is 25.0. The van der Waals surface area contributed by atoms with Gasteiger partial charge in [0.05, 0.1) is 6.20 Å². The quantitative estimate of drug-likeness (QED) is 0.857. The molecule has 1 unspecified atom stereocenters. The average molecular weight is 371 g/mol. The molecule has 0 radical (unpaired) electrons. The molecule has 1 N–H and O–H groups in total. The van der Waals surface area contributed by atoms with Crippen LogP contribution in [0.1, 0.15) is 46.8 Å². The molecule has 8 nitrogen and oxygen atoms in total.